The van der Waals surface area contributed by atoms with Gasteiger partial charge >= 0.3 is 12.1 Å². The lowest BCUT2D eigenvalue weighted by atomic mass is 9.61. The third-order valence-corrected chi connectivity index (χ3v) is 4.84. The highest BCUT2D eigenvalue weighted by atomic mass is 32.2. The molecule has 0 radical (unpaired) electrons. The van der Waals surface area contributed by atoms with Crippen molar-refractivity contribution in [2.24, 2.45) is 10.6 Å². The van der Waals surface area contributed by atoms with Gasteiger partial charge in [0.2, 0.25) is 0 Å². The Bertz CT molecular complexity index is 482. The second-order valence-electron chi connectivity index (χ2n) is 5.22. The highest BCUT2D eigenvalue weighted by molar-refractivity contribution is 7.86. The van der Waals surface area contributed by atoms with E-state index in [2.05, 4.69) is 5.32 Å². The van der Waals surface area contributed by atoms with Crippen LogP contribution in [0.1, 0.15) is 19.8 Å². The van der Waals surface area contributed by atoms with Crippen LogP contribution in [0.25, 0.3) is 0 Å². The molecule has 1 aliphatic heterocycles. The SMILES string of the molecule is CCN(C1CC2(CNC2)C1)S(N)(=O)=O.O=C(O)C(F)(F)F. The molecule has 1 spiro atoms. The fourth-order valence-electron chi connectivity index (χ4n) is 2.56. The van der Waals surface area contributed by atoms with Gasteiger partial charge in [0.1, 0.15) is 0 Å². The minimum atomic E-state index is -5.08. The van der Waals surface area contributed by atoms with Crippen LogP contribution in [0.3, 0.4) is 0 Å². The molecule has 2 fully saturated rings. The number of nitrogens with zero attached hydrogens (tertiary/aromatic N) is 1. The van der Waals surface area contributed by atoms with Crippen LogP contribution < -0.4 is 10.5 Å². The second-order valence-corrected chi connectivity index (χ2v) is 6.72. The number of hydrogen-bond donors (Lipinski definition) is 3. The molecule has 0 unspecified atom stereocenters. The summed E-state index contributed by atoms with van der Waals surface area (Å²) >= 11 is 0. The molecule has 4 N–H and O–H groups in total. The van der Waals surface area contributed by atoms with E-state index in [9.17, 15) is 21.6 Å². The van der Waals surface area contributed by atoms with Gasteiger partial charge in [0.05, 0.1) is 0 Å². The molecule has 0 aromatic rings. The summed E-state index contributed by atoms with van der Waals surface area (Å²) < 4.78 is 55.6. The first-order valence-corrected chi connectivity index (χ1v) is 7.72. The van der Waals surface area contributed by atoms with Gasteiger partial charge in [-0.1, -0.05) is 6.92 Å². The normalized spacial score (nSPS) is 21.2. The highest BCUT2D eigenvalue weighted by Gasteiger charge is 2.51. The van der Waals surface area contributed by atoms with Crippen molar-refractivity contribution in [2.45, 2.75) is 32.0 Å². The predicted molar refractivity (Wildman–Crippen MR) is 67.5 cm³/mol. The smallest absolute Gasteiger partial charge is 0.475 e. The molecule has 1 aliphatic carbocycles. The van der Waals surface area contributed by atoms with Gasteiger partial charge in [0, 0.05) is 25.7 Å². The molecule has 7 nitrogen and oxygen atoms in total. The fourth-order valence-corrected chi connectivity index (χ4v) is 3.48. The van der Waals surface area contributed by atoms with Crippen LogP contribution in [0.2, 0.25) is 0 Å². The third-order valence-electron chi connectivity index (χ3n) is 3.63. The van der Waals surface area contributed by atoms with E-state index < -0.39 is 22.4 Å². The van der Waals surface area contributed by atoms with Crippen molar-refractivity contribution in [3.8, 4) is 0 Å². The van der Waals surface area contributed by atoms with Crippen LogP contribution in [0.5, 0.6) is 0 Å². The number of halogens is 3. The van der Waals surface area contributed by atoms with Gasteiger partial charge in [-0.3, -0.25) is 0 Å². The largest absolute Gasteiger partial charge is 0.490 e. The molecule has 11 heteroatoms. The van der Waals surface area contributed by atoms with Gasteiger partial charge in [-0.15, -0.1) is 0 Å². The molecule has 124 valence electrons. The standard InChI is InChI=1S/C8H17N3O2S.C2HF3O2/c1-2-11(14(9,12)13)7-3-8(4-7)5-10-6-8;3-2(4,5)1(6)7/h7,10H,2-6H2,1H3,(H2,9,12,13);(H,6,7). The maximum atomic E-state index is 11.2. The zero-order chi connectivity index (χ0) is 16.5. The molecule has 21 heavy (non-hydrogen) atoms. The molecular formula is C10H18F3N3O4S. The van der Waals surface area contributed by atoms with Crippen LogP contribution >= 0.6 is 0 Å². The Balaban J connectivity index is 0.000000270. The summed E-state index contributed by atoms with van der Waals surface area (Å²) in [5.74, 6) is -2.76. The minimum Gasteiger partial charge on any atom is -0.475 e. The Labute approximate surface area is 120 Å². The fraction of sp³-hybridized carbons (Fsp3) is 0.900. The Kier molecular flexibility index (Phi) is 5.24. The number of rotatable bonds is 3. The third kappa shape index (κ3) is 4.53. The number of aliphatic carboxylic acids is 1. The van der Waals surface area contributed by atoms with Crippen LogP contribution in [0, 0.1) is 5.41 Å². The number of carbonyl (C=O) groups is 1. The molecule has 0 aromatic carbocycles. The summed E-state index contributed by atoms with van der Waals surface area (Å²) in [6, 6.07) is 0.136. The zero-order valence-corrected chi connectivity index (χ0v) is 12.2. The van der Waals surface area contributed by atoms with Crippen LogP contribution in [-0.4, -0.2) is 55.7 Å². The summed E-state index contributed by atoms with van der Waals surface area (Å²) in [5.41, 5.74) is 0.392. The maximum Gasteiger partial charge on any atom is 0.490 e. The predicted octanol–water partition coefficient (Wildman–Crippen LogP) is -0.103. The van der Waals surface area contributed by atoms with Crippen molar-refractivity contribution in [2.75, 3.05) is 19.6 Å². The van der Waals surface area contributed by atoms with E-state index in [1.165, 1.54) is 4.31 Å². The number of hydrogen-bond acceptors (Lipinski definition) is 4. The first-order chi connectivity index (χ1) is 9.41. The van der Waals surface area contributed by atoms with Gasteiger partial charge in [0.25, 0.3) is 10.2 Å². The summed E-state index contributed by atoms with van der Waals surface area (Å²) in [4.78, 5) is 8.90. The number of nitrogens with one attached hydrogen (secondary N) is 1. The van der Waals surface area contributed by atoms with Crippen molar-refractivity contribution in [3.05, 3.63) is 0 Å². The average molecular weight is 333 g/mol. The summed E-state index contributed by atoms with van der Waals surface area (Å²) in [5, 5.41) is 15.5. The molecule has 0 amide bonds. The van der Waals surface area contributed by atoms with E-state index in [0.29, 0.717) is 12.0 Å². The highest BCUT2D eigenvalue weighted by Crippen LogP contribution is 2.46. The van der Waals surface area contributed by atoms with Crippen LogP contribution in [-0.2, 0) is 15.0 Å². The topological polar surface area (TPSA) is 113 Å². The van der Waals surface area contributed by atoms with Crippen molar-refractivity contribution < 1.29 is 31.5 Å². The number of nitrogens with two attached hydrogens (primary N) is 1. The van der Waals surface area contributed by atoms with Crippen molar-refractivity contribution in [1.82, 2.24) is 9.62 Å². The summed E-state index contributed by atoms with van der Waals surface area (Å²) in [6.45, 7) is 4.37. The molecule has 1 saturated heterocycles. The first kappa shape index (κ1) is 18.1. The van der Waals surface area contributed by atoms with Crippen LogP contribution in [0.4, 0.5) is 13.2 Å². The Hall–Kier alpha value is -0.910. The van der Waals surface area contributed by atoms with Crippen molar-refractivity contribution in [3.63, 3.8) is 0 Å². The van der Waals surface area contributed by atoms with Crippen molar-refractivity contribution >= 4 is 16.2 Å². The molecule has 0 aromatic heterocycles. The van der Waals surface area contributed by atoms with E-state index in [-0.39, 0.29) is 6.04 Å². The molecule has 1 saturated carbocycles. The molecule has 1 heterocycles. The zero-order valence-electron chi connectivity index (χ0n) is 11.4. The van der Waals surface area contributed by atoms with Gasteiger partial charge in [-0.05, 0) is 18.3 Å². The minimum absolute atomic E-state index is 0.136. The quantitative estimate of drug-likeness (QED) is 0.667. The van der Waals surface area contributed by atoms with E-state index >= 15 is 0 Å². The number of alkyl halides is 3. The lowest BCUT2D eigenvalue weighted by Gasteiger charge is -2.56. The first-order valence-electron chi connectivity index (χ1n) is 6.22. The molecule has 0 bridgehead atoms. The Morgan fingerprint density at radius 2 is 1.86 bits per heavy atom. The second kappa shape index (κ2) is 6.07. The van der Waals surface area contributed by atoms with E-state index in [1.54, 1.807) is 0 Å². The van der Waals surface area contributed by atoms with E-state index in [4.69, 9.17) is 15.0 Å². The lowest BCUT2D eigenvalue weighted by Crippen LogP contribution is -2.66. The van der Waals surface area contributed by atoms with Gasteiger partial charge in [-0.2, -0.15) is 25.9 Å². The Morgan fingerprint density at radius 3 is 2.05 bits per heavy atom. The van der Waals surface area contributed by atoms with E-state index in [1.807, 2.05) is 6.92 Å². The number of carboxylic acid groups (broad SMARTS) is 1. The Morgan fingerprint density at radius 1 is 1.43 bits per heavy atom. The van der Waals surface area contributed by atoms with Gasteiger partial charge in [0.15, 0.2) is 0 Å². The summed E-state index contributed by atoms with van der Waals surface area (Å²) in [7, 11) is -3.50. The van der Waals surface area contributed by atoms with Crippen molar-refractivity contribution in [1.29, 1.82) is 0 Å². The van der Waals surface area contributed by atoms with Crippen LogP contribution in [0.15, 0.2) is 0 Å². The van der Waals surface area contributed by atoms with Gasteiger partial charge in [-0.25, -0.2) is 9.93 Å². The molecule has 0 atom stereocenters. The monoisotopic (exact) mass is 333 g/mol. The van der Waals surface area contributed by atoms with Gasteiger partial charge < -0.3 is 10.4 Å². The molecular weight excluding hydrogens is 315 g/mol. The summed E-state index contributed by atoms with van der Waals surface area (Å²) in [6.07, 6.45) is -3.16. The maximum absolute atomic E-state index is 11.2. The molecule has 2 aliphatic rings. The lowest BCUT2D eigenvalue weighted by molar-refractivity contribution is -0.192. The average Bonchev–Trinajstić information content (AvgIpc) is 2.17. The molecule has 2 rings (SSSR count). The number of carboxylic acids is 1. The van der Waals surface area contributed by atoms with E-state index in [0.717, 1.165) is 25.9 Å².